The molecule has 0 unspecified atom stereocenters. The number of hydrogen-bond acceptors (Lipinski definition) is 9. The molecule has 76 heavy (non-hydrogen) atoms. The van der Waals surface area contributed by atoms with E-state index in [1.54, 1.807) is 48.5 Å². The van der Waals surface area contributed by atoms with Gasteiger partial charge in [-0.3, -0.25) is 0 Å². The van der Waals surface area contributed by atoms with Gasteiger partial charge in [0.2, 0.25) is 0 Å². The molecular formula is C64H52N4O8. The number of nitriles is 1. The maximum atomic E-state index is 13.1. The highest BCUT2D eigenvalue weighted by atomic mass is 16.5. The molecule has 0 bridgehead atoms. The number of carbonyl (C=O) groups is 4. The largest absolute Gasteiger partial charge is 0.462 e. The zero-order chi connectivity index (χ0) is 54.3. The zero-order valence-electron chi connectivity index (χ0n) is 43.4. The number of esters is 4. The summed E-state index contributed by atoms with van der Waals surface area (Å²) in [6.07, 6.45) is 0. The molecule has 0 saturated heterocycles. The number of nitrogens with zero attached hydrogens (tertiary/aromatic N) is 4. The van der Waals surface area contributed by atoms with E-state index in [1.165, 1.54) is 0 Å². The van der Waals surface area contributed by atoms with Crippen molar-refractivity contribution in [3.63, 3.8) is 0 Å². The van der Waals surface area contributed by atoms with Gasteiger partial charge in [0.05, 0.1) is 80.0 Å². The Balaban J connectivity index is 0.000000186. The number of benzene rings is 10. The minimum absolute atomic E-state index is 0.178. The minimum atomic E-state index is -0.471. The topological polar surface area (TPSA) is 142 Å². The Morgan fingerprint density at radius 1 is 0.368 bits per heavy atom. The van der Waals surface area contributed by atoms with Crippen LogP contribution in [-0.2, 0) is 18.9 Å². The van der Waals surface area contributed by atoms with Gasteiger partial charge in [-0.15, -0.1) is 0 Å². The van der Waals surface area contributed by atoms with Gasteiger partial charge in [-0.25, -0.2) is 33.7 Å². The normalized spacial score (nSPS) is 11.5. The second-order valence-corrected chi connectivity index (χ2v) is 20.6. The second kappa shape index (κ2) is 20.9. The van der Waals surface area contributed by atoms with Gasteiger partial charge in [-0.05, 0) is 119 Å². The summed E-state index contributed by atoms with van der Waals surface area (Å²) in [7, 11) is 0. The van der Waals surface area contributed by atoms with Crippen LogP contribution in [0.1, 0.15) is 102 Å². The summed E-state index contributed by atoms with van der Waals surface area (Å²) in [6.45, 7) is 40.3. The van der Waals surface area contributed by atoms with E-state index >= 15 is 0 Å². The van der Waals surface area contributed by atoms with E-state index < -0.39 is 23.9 Å². The average molecular weight is 1010 g/mol. The number of hydrogen-bond donors (Lipinski definition) is 0. The van der Waals surface area contributed by atoms with Gasteiger partial charge in [0.25, 0.3) is 0 Å². The van der Waals surface area contributed by atoms with E-state index in [4.69, 9.17) is 38.7 Å². The van der Waals surface area contributed by atoms with Crippen molar-refractivity contribution in [3.8, 4) is 6.07 Å². The molecule has 0 fully saturated rings. The highest BCUT2D eigenvalue weighted by Gasteiger charge is 2.27. The van der Waals surface area contributed by atoms with Crippen molar-refractivity contribution in [2.75, 3.05) is 26.4 Å². The van der Waals surface area contributed by atoms with Gasteiger partial charge in [0.1, 0.15) is 0 Å². The van der Waals surface area contributed by atoms with Gasteiger partial charge in [-0.1, -0.05) is 122 Å². The van der Waals surface area contributed by atoms with Crippen molar-refractivity contribution >= 4 is 127 Å². The van der Waals surface area contributed by atoms with Crippen LogP contribution < -0.4 is 0 Å². The summed E-state index contributed by atoms with van der Waals surface area (Å²) in [5, 5.41) is 21.9. The van der Waals surface area contributed by atoms with Crippen LogP contribution in [0, 0.1) is 54.7 Å². The van der Waals surface area contributed by atoms with Gasteiger partial charge in [-0.2, -0.15) is 5.26 Å². The highest BCUT2D eigenvalue weighted by molar-refractivity contribution is 6.39. The summed E-state index contributed by atoms with van der Waals surface area (Å²) >= 11 is 0. The Bertz CT molecular complexity index is 3640. The van der Waals surface area contributed by atoms with Crippen molar-refractivity contribution in [2.24, 2.45) is 23.7 Å². The summed E-state index contributed by atoms with van der Waals surface area (Å²) in [5.74, 6) is -1.14. The number of fused-ring (bicyclic) bond motifs is 4. The van der Waals surface area contributed by atoms with Crippen molar-refractivity contribution in [1.29, 1.82) is 5.26 Å². The van der Waals surface area contributed by atoms with Crippen molar-refractivity contribution in [3.05, 3.63) is 159 Å². The lowest BCUT2D eigenvalue weighted by molar-refractivity contribution is 0.0453. The van der Waals surface area contributed by atoms with E-state index in [0.29, 0.717) is 66.4 Å². The third-order valence-electron chi connectivity index (χ3n) is 13.3. The van der Waals surface area contributed by atoms with E-state index in [9.17, 15) is 24.4 Å². The maximum absolute atomic E-state index is 13.1. The smallest absolute Gasteiger partial charge is 0.338 e. The minimum Gasteiger partial charge on any atom is -0.462 e. The number of rotatable bonds is 12. The molecule has 12 nitrogen and oxygen atoms in total. The van der Waals surface area contributed by atoms with Crippen molar-refractivity contribution < 1.29 is 38.1 Å². The SMILES string of the molecule is [C-]#[N+]c1ccc2c3ccc(C(=O)OCC(C)C)c4c(C#N)ccc(c5ccc(C(=O)OCC(C)C)c1c25)c43.[C-]#[N+]c1ccc2c3ccc([N+]#[C-])c4c(C(=O)OCC(C)C)ccc(c5ccc(C(=O)OCC(C)C)c1c25)c43. The van der Waals surface area contributed by atoms with E-state index in [2.05, 4.69) is 20.6 Å². The first-order valence-electron chi connectivity index (χ1n) is 25.1. The molecular weight excluding hydrogens is 953 g/mol. The standard InChI is InChI=1S/2C32H26N2O4/c1-17(2)15-37-31(35)23-9-7-19-20-8-10-24(32(36)38-16-18(3)4)30-26(34-6)14-12-22(28(20)30)21-11-13-25(33-5)29(23)27(19)21;1-17(2)15-37-31(35)24-10-8-21-23-12-13-26(34-5)30-25(32(36)38-16-18(3)4)11-9-22(29(23)30)20-7-6-19(14-33)27(24)28(20)21/h7-14,17-18H,15-16H2,1-4H3;6-13,17-18H,15-16H2,1-4H3. The molecule has 0 aromatic heterocycles. The Kier molecular flexibility index (Phi) is 14.2. The van der Waals surface area contributed by atoms with Crippen LogP contribution in [0.4, 0.5) is 17.1 Å². The first-order valence-corrected chi connectivity index (χ1v) is 25.1. The van der Waals surface area contributed by atoms with Crippen LogP contribution in [0.25, 0.3) is 101 Å². The third kappa shape index (κ3) is 8.99. The molecule has 0 atom stereocenters. The van der Waals surface area contributed by atoms with Gasteiger partial charge in [0.15, 0.2) is 17.1 Å². The fourth-order valence-electron chi connectivity index (χ4n) is 10.1. The highest BCUT2D eigenvalue weighted by Crippen LogP contribution is 2.48. The second-order valence-electron chi connectivity index (χ2n) is 20.6. The molecule has 10 aromatic rings. The molecule has 0 spiro atoms. The summed E-state index contributed by atoms with van der Waals surface area (Å²) in [5.41, 5.74) is 2.88. The van der Waals surface area contributed by atoms with Gasteiger partial charge in [0, 0.05) is 21.5 Å². The lowest BCUT2D eigenvalue weighted by atomic mass is 9.85. The van der Waals surface area contributed by atoms with Crippen LogP contribution in [0.2, 0.25) is 0 Å². The Morgan fingerprint density at radius 2 is 0.592 bits per heavy atom. The van der Waals surface area contributed by atoms with E-state index in [1.807, 2.05) is 104 Å². The molecule has 12 heteroatoms. The molecule has 0 aliphatic heterocycles. The lowest BCUT2D eigenvalue weighted by Gasteiger charge is -2.19. The molecule has 0 amide bonds. The Labute approximate surface area is 439 Å². The van der Waals surface area contributed by atoms with Crippen LogP contribution in [-0.4, -0.2) is 50.3 Å². The van der Waals surface area contributed by atoms with Crippen LogP contribution >= 0.6 is 0 Å². The molecule has 10 aromatic carbocycles. The summed E-state index contributed by atoms with van der Waals surface area (Å²) in [6, 6.07) is 30.9. The lowest BCUT2D eigenvalue weighted by Crippen LogP contribution is -2.11. The fraction of sp³-hybridized carbons (Fsp3) is 0.250. The van der Waals surface area contributed by atoms with Crippen molar-refractivity contribution in [1.82, 2.24) is 0 Å². The summed E-state index contributed by atoms with van der Waals surface area (Å²) in [4.78, 5) is 63.6. The zero-order valence-corrected chi connectivity index (χ0v) is 43.4. The fourth-order valence-corrected chi connectivity index (χ4v) is 10.1. The average Bonchev–Trinajstić information content (AvgIpc) is 3.42. The van der Waals surface area contributed by atoms with Gasteiger partial charge < -0.3 is 18.9 Å². The van der Waals surface area contributed by atoms with Crippen molar-refractivity contribution in [2.45, 2.75) is 55.4 Å². The number of carbonyl (C=O) groups excluding carboxylic acids is 4. The molecule has 376 valence electrons. The maximum Gasteiger partial charge on any atom is 0.338 e. The molecule has 0 heterocycles. The molecule has 0 radical (unpaired) electrons. The first-order chi connectivity index (χ1) is 36.5. The quantitative estimate of drug-likeness (QED) is 0.0384. The Hall–Kier alpha value is -9.36. The third-order valence-corrected chi connectivity index (χ3v) is 13.3. The van der Waals surface area contributed by atoms with Gasteiger partial charge >= 0.3 is 23.9 Å². The number of ether oxygens (including phenoxy) is 4. The molecule has 0 aliphatic rings. The molecule has 0 N–H and O–H groups in total. The Morgan fingerprint density at radius 3 is 0.829 bits per heavy atom. The predicted octanol–water partition coefficient (Wildman–Crippen LogP) is 16.2. The molecule has 0 saturated carbocycles. The van der Waals surface area contributed by atoms with E-state index in [0.717, 1.165) is 64.6 Å². The molecule has 0 aliphatic carbocycles. The molecule has 10 rings (SSSR count). The predicted molar refractivity (Wildman–Crippen MR) is 299 cm³/mol. The summed E-state index contributed by atoms with van der Waals surface area (Å²) < 4.78 is 22.2. The first kappa shape index (κ1) is 51.5. The van der Waals surface area contributed by atoms with E-state index in [-0.39, 0.29) is 50.1 Å². The van der Waals surface area contributed by atoms with Crippen LogP contribution in [0.3, 0.4) is 0 Å². The van der Waals surface area contributed by atoms with Crippen LogP contribution in [0.5, 0.6) is 0 Å². The monoisotopic (exact) mass is 1000 g/mol. The van der Waals surface area contributed by atoms with Crippen LogP contribution in [0.15, 0.2) is 97.1 Å².